The smallest absolute Gasteiger partial charge is 0.252 e. The minimum Gasteiger partial charge on any atom is -0.350 e. The van der Waals surface area contributed by atoms with Gasteiger partial charge in [0.05, 0.1) is 22.5 Å². The van der Waals surface area contributed by atoms with E-state index in [1.807, 2.05) is 64.3 Å². The lowest BCUT2D eigenvalue weighted by Crippen LogP contribution is -2.30. The van der Waals surface area contributed by atoms with Gasteiger partial charge < -0.3 is 5.32 Å². The maximum atomic E-state index is 12.6. The van der Waals surface area contributed by atoms with Crippen molar-refractivity contribution in [2.45, 2.75) is 26.8 Å². The number of para-hydroxylation sites is 1. The number of benzene rings is 1. The van der Waals surface area contributed by atoms with Gasteiger partial charge in [0, 0.05) is 30.2 Å². The van der Waals surface area contributed by atoms with Gasteiger partial charge in [0.15, 0.2) is 0 Å². The van der Waals surface area contributed by atoms with Crippen molar-refractivity contribution in [1.82, 2.24) is 20.1 Å². The van der Waals surface area contributed by atoms with Crippen LogP contribution < -0.4 is 5.32 Å². The number of aryl methyl sites for hydroxylation is 2. The molecule has 0 saturated carbocycles. The molecule has 0 aliphatic heterocycles. The van der Waals surface area contributed by atoms with Crippen LogP contribution in [0.15, 0.2) is 36.5 Å². The van der Waals surface area contributed by atoms with Crippen molar-refractivity contribution in [1.29, 1.82) is 0 Å². The van der Waals surface area contributed by atoms with Gasteiger partial charge in [-0.1, -0.05) is 18.2 Å². The van der Waals surface area contributed by atoms with E-state index in [9.17, 15) is 4.79 Å². The average Bonchev–Trinajstić information content (AvgIpc) is 2.84. The molecule has 1 N–H and O–H groups in total. The Bertz CT molecular complexity index is 880. The van der Waals surface area contributed by atoms with Crippen molar-refractivity contribution >= 4 is 16.8 Å². The van der Waals surface area contributed by atoms with E-state index < -0.39 is 0 Å². The van der Waals surface area contributed by atoms with Crippen LogP contribution in [0, 0.1) is 6.92 Å². The second kappa shape index (κ2) is 5.83. The fraction of sp³-hybridized carbons (Fsp3) is 0.278. The van der Waals surface area contributed by atoms with Gasteiger partial charge in [0.1, 0.15) is 0 Å². The second-order valence-electron chi connectivity index (χ2n) is 6.00. The van der Waals surface area contributed by atoms with Crippen LogP contribution in [-0.2, 0) is 7.05 Å². The molecule has 5 heteroatoms. The van der Waals surface area contributed by atoms with Crippen LogP contribution in [0.2, 0.25) is 0 Å². The van der Waals surface area contributed by atoms with Crippen molar-refractivity contribution in [2.24, 2.45) is 7.05 Å². The molecule has 1 aromatic carbocycles. The largest absolute Gasteiger partial charge is 0.350 e. The summed E-state index contributed by atoms with van der Waals surface area (Å²) >= 11 is 0. The lowest BCUT2D eigenvalue weighted by Gasteiger charge is -2.12. The van der Waals surface area contributed by atoms with Gasteiger partial charge in [-0.15, -0.1) is 0 Å². The van der Waals surface area contributed by atoms with E-state index in [1.54, 1.807) is 4.68 Å². The Balaban J connectivity index is 2.21. The van der Waals surface area contributed by atoms with Gasteiger partial charge in [-0.3, -0.25) is 9.48 Å². The van der Waals surface area contributed by atoms with E-state index in [2.05, 4.69) is 10.4 Å². The van der Waals surface area contributed by atoms with Crippen LogP contribution in [0.25, 0.3) is 22.2 Å². The molecule has 23 heavy (non-hydrogen) atoms. The number of amides is 1. The second-order valence-corrected chi connectivity index (χ2v) is 6.00. The summed E-state index contributed by atoms with van der Waals surface area (Å²) in [6.45, 7) is 5.85. The summed E-state index contributed by atoms with van der Waals surface area (Å²) in [4.78, 5) is 17.3. The monoisotopic (exact) mass is 308 g/mol. The molecule has 0 aliphatic carbocycles. The molecule has 118 valence electrons. The third-order valence-electron chi connectivity index (χ3n) is 3.67. The number of fused-ring (bicyclic) bond motifs is 1. The number of pyridine rings is 1. The third kappa shape index (κ3) is 2.95. The molecule has 3 rings (SSSR count). The maximum Gasteiger partial charge on any atom is 0.252 e. The lowest BCUT2D eigenvalue weighted by molar-refractivity contribution is 0.0945. The van der Waals surface area contributed by atoms with Crippen LogP contribution in [0.4, 0.5) is 0 Å². The average molecular weight is 308 g/mol. The molecule has 0 aliphatic rings. The van der Waals surface area contributed by atoms with Gasteiger partial charge in [-0.2, -0.15) is 5.10 Å². The van der Waals surface area contributed by atoms with Gasteiger partial charge in [-0.05, 0) is 32.9 Å². The summed E-state index contributed by atoms with van der Waals surface area (Å²) in [5.74, 6) is -0.0820. The molecule has 5 nitrogen and oxygen atoms in total. The summed E-state index contributed by atoms with van der Waals surface area (Å²) < 4.78 is 1.76. The number of carbonyl (C=O) groups excluding carboxylic acids is 1. The van der Waals surface area contributed by atoms with Gasteiger partial charge >= 0.3 is 0 Å². The van der Waals surface area contributed by atoms with E-state index in [1.165, 1.54) is 0 Å². The predicted octanol–water partition coefficient (Wildman–Crippen LogP) is 3.08. The number of hydrogen-bond donors (Lipinski definition) is 1. The first-order valence-electron chi connectivity index (χ1n) is 7.67. The number of nitrogens with one attached hydrogen (secondary N) is 1. The van der Waals surface area contributed by atoms with Crippen LogP contribution in [-0.4, -0.2) is 26.7 Å². The first kappa shape index (κ1) is 15.2. The highest BCUT2D eigenvalue weighted by atomic mass is 16.1. The van der Waals surface area contributed by atoms with Crippen molar-refractivity contribution in [2.75, 3.05) is 0 Å². The molecular formula is C18H20N4O. The molecule has 1 amide bonds. The fourth-order valence-corrected chi connectivity index (χ4v) is 2.69. The van der Waals surface area contributed by atoms with E-state index in [4.69, 9.17) is 4.98 Å². The first-order valence-corrected chi connectivity index (χ1v) is 7.67. The zero-order valence-electron chi connectivity index (χ0n) is 13.8. The number of nitrogens with zero attached hydrogens (tertiary/aromatic N) is 3. The van der Waals surface area contributed by atoms with E-state index in [-0.39, 0.29) is 11.9 Å². The van der Waals surface area contributed by atoms with E-state index in [0.717, 1.165) is 27.9 Å². The number of rotatable bonds is 3. The standard InChI is InChI=1S/C18H20N4O/c1-11(2)19-18(23)14-9-17(15-10-22(4)21-12(15)3)20-16-8-6-5-7-13(14)16/h5-11H,1-4H3,(H,19,23). The Morgan fingerprint density at radius 1 is 1.26 bits per heavy atom. The molecule has 0 saturated heterocycles. The van der Waals surface area contributed by atoms with Crippen molar-refractivity contribution < 1.29 is 4.79 Å². The SMILES string of the molecule is Cc1nn(C)cc1-c1cc(C(=O)NC(C)C)c2ccccc2n1. The quantitative estimate of drug-likeness (QED) is 0.809. The highest BCUT2D eigenvalue weighted by Gasteiger charge is 2.16. The molecule has 0 bridgehead atoms. The zero-order chi connectivity index (χ0) is 16.6. The molecule has 3 aromatic rings. The minimum atomic E-state index is -0.0820. The van der Waals surface area contributed by atoms with Crippen LogP contribution >= 0.6 is 0 Å². The Kier molecular flexibility index (Phi) is 3.86. The fourth-order valence-electron chi connectivity index (χ4n) is 2.69. The minimum absolute atomic E-state index is 0.0815. The maximum absolute atomic E-state index is 12.6. The van der Waals surface area contributed by atoms with Crippen LogP contribution in [0.1, 0.15) is 29.9 Å². The Labute approximate surface area is 135 Å². The van der Waals surface area contributed by atoms with E-state index >= 15 is 0 Å². The molecule has 2 heterocycles. The van der Waals surface area contributed by atoms with Crippen molar-refractivity contribution in [3.05, 3.63) is 47.8 Å². The zero-order valence-corrected chi connectivity index (χ0v) is 13.8. The first-order chi connectivity index (χ1) is 11.0. The molecule has 0 unspecified atom stereocenters. The van der Waals surface area contributed by atoms with Crippen molar-refractivity contribution in [3.63, 3.8) is 0 Å². The molecular weight excluding hydrogens is 288 g/mol. The third-order valence-corrected chi connectivity index (χ3v) is 3.67. The molecule has 0 atom stereocenters. The van der Waals surface area contributed by atoms with Gasteiger partial charge in [0.2, 0.25) is 0 Å². The van der Waals surface area contributed by atoms with Crippen LogP contribution in [0.5, 0.6) is 0 Å². The Morgan fingerprint density at radius 3 is 2.65 bits per heavy atom. The van der Waals surface area contributed by atoms with Gasteiger partial charge in [0.25, 0.3) is 5.91 Å². The lowest BCUT2D eigenvalue weighted by atomic mass is 10.0. The molecule has 0 radical (unpaired) electrons. The Hall–Kier alpha value is -2.69. The topological polar surface area (TPSA) is 59.8 Å². The van der Waals surface area contributed by atoms with E-state index in [0.29, 0.717) is 5.56 Å². The number of carbonyl (C=O) groups is 1. The summed E-state index contributed by atoms with van der Waals surface area (Å²) in [6, 6.07) is 9.64. The highest BCUT2D eigenvalue weighted by molar-refractivity contribution is 6.07. The van der Waals surface area contributed by atoms with Crippen molar-refractivity contribution in [3.8, 4) is 11.3 Å². The highest BCUT2D eigenvalue weighted by Crippen LogP contribution is 2.26. The summed E-state index contributed by atoms with van der Waals surface area (Å²) in [5, 5.41) is 8.19. The van der Waals surface area contributed by atoms with Crippen LogP contribution in [0.3, 0.4) is 0 Å². The van der Waals surface area contributed by atoms with Gasteiger partial charge in [-0.25, -0.2) is 4.98 Å². The molecule has 2 aromatic heterocycles. The summed E-state index contributed by atoms with van der Waals surface area (Å²) in [6.07, 6.45) is 1.93. The molecule has 0 fully saturated rings. The Morgan fingerprint density at radius 2 is 2.00 bits per heavy atom. The normalized spacial score (nSPS) is 11.2. The summed E-state index contributed by atoms with van der Waals surface area (Å²) in [7, 11) is 1.88. The summed E-state index contributed by atoms with van der Waals surface area (Å²) in [5.41, 5.74) is 4.05. The number of hydrogen-bond acceptors (Lipinski definition) is 3. The number of aromatic nitrogens is 3. The predicted molar refractivity (Wildman–Crippen MR) is 91.3 cm³/mol. The molecule has 0 spiro atoms.